The average molecular weight is 344 g/mol. The van der Waals surface area contributed by atoms with E-state index in [1.165, 1.54) is 30.3 Å². The van der Waals surface area contributed by atoms with Crippen LogP contribution in [-0.4, -0.2) is 36.0 Å². The van der Waals surface area contributed by atoms with Crippen molar-refractivity contribution in [2.75, 3.05) is 13.1 Å². The number of likely N-dealkylation sites (tertiary alicyclic amines) is 1. The number of primary amides is 1. The molecule has 0 saturated carbocycles. The topological polar surface area (TPSA) is 63.4 Å². The first-order chi connectivity index (χ1) is 11.1. The van der Waals surface area contributed by atoms with E-state index in [-0.39, 0.29) is 6.54 Å². The monoisotopic (exact) mass is 344 g/mol. The highest BCUT2D eigenvalue weighted by atomic mass is 19.4. The van der Waals surface area contributed by atoms with E-state index in [0.29, 0.717) is 11.1 Å². The number of nitrogens with two attached hydrogens (primary N) is 1. The molecule has 1 saturated heterocycles. The number of carbonyl (C=O) groups excluding carboxylic acids is 2. The number of hydrogen-bond acceptors (Lipinski definition) is 2. The van der Waals surface area contributed by atoms with Gasteiger partial charge in [-0.25, -0.2) is 4.39 Å². The molecule has 0 radical (unpaired) electrons. The van der Waals surface area contributed by atoms with Crippen LogP contribution >= 0.6 is 0 Å². The lowest BCUT2D eigenvalue weighted by Gasteiger charge is -2.18. The second kappa shape index (κ2) is 6.62. The van der Waals surface area contributed by atoms with Crippen molar-refractivity contribution < 1.29 is 27.2 Å². The van der Waals surface area contributed by atoms with Crippen LogP contribution in [-0.2, 0) is 9.59 Å². The highest BCUT2D eigenvalue weighted by Crippen LogP contribution is 2.37. The smallest absolute Gasteiger partial charge is 0.369 e. The van der Waals surface area contributed by atoms with E-state index in [1.807, 2.05) is 0 Å². The molecule has 24 heavy (non-hydrogen) atoms. The van der Waals surface area contributed by atoms with Crippen LogP contribution in [0.3, 0.4) is 0 Å². The zero-order valence-electron chi connectivity index (χ0n) is 12.8. The first-order valence-corrected chi connectivity index (χ1v) is 7.18. The van der Waals surface area contributed by atoms with E-state index in [1.54, 1.807) is 6.92 Å². The van der Waals surface area contributed by atoms with Crippen LogP contribution in [0.15, 0.2) is 30.3 Å². The molecule has 1 aliphatic heterocycles. The Bertz CT molecular complexity index is 668. The lowest BCUT2D eigenvalue weighted by Crippen LogP contribution is -2.37. The van der Waals surface area contributed by atoms with E-state index in [9.17, 15) is 27.2 Å². The molecule has 0 spiro atoms. The minimum Gasteiger partial charge on any atom is -0.369 e. The molecule has 2 amide bonds. The van der Waals surface area contributed by atoms with Gasteiger partial charge in [-0.05, 0) is 30.2 Å². The lowest BCUT2D eigenvalue weighted by molar-refractivity contribution is -0.182. The molecule has 1 heterocycles. The summed E-state index contributed by atoms with van der Waals surface area (Å²) in [4.78, 5) is 24.4. The lowest BCUT2D eigenvalue weighted by atomic mass is 9.95. The summed E-state index contributed by atoms with van der Waals surface area (Å²) in [6.07, 6.45) is -3.44. The molecule has 1 aromatic carbocycles. The van der Waals surface area contributed by atoms with Gasteiger partial charge in [0.15, 0.2) is 0 Å². The molecule has 2 rings (SSSR count). The molecular formula is C16H16F4N2O2. The molecule has 0 bridgehead atoms. The highest BCUT2D eigenvalue weighted by molar-refractivity contribution is 5.95. The van der Waals surface area contributed by atoms with Gasteiger partial charge in [-0.1, -0.05) is 12.1 Å². The van der Waals surface area contributed by atoms with Crippen molar-refractivity contribution in [3.05, 3.63) is 41.7 Å². The van der Waals surface area contributed by atoms with Crippen LogP contribution in [0.4, 0.5) is 17.6 Å². The van der Waals surface area contributed by atoms with Crippen LogP contribution in [0.2, 0.25) is 0 Å². The van der Waals surface area contributed by atoms with Crippen LogP contribution in [0.1, 0.15) is 12.5 Å². The number of alkyl halides is 3. The first kappa shape index (κ1) is 18.0. The van der Waals surface area contributed by atoms with Crippen LogP contribution in [0.5, 0.6) is 0 Å². The number of benzene rings is 1. The van der Waals surface area contributed by atoms with Gasteiger partial charge in [0.05, 0.1) is 11.8 Å². The molecule has 0 unspecified atom stereocenters. The van der Waals surface area contributed by atoms with Crippen LogP contribution in [0.25, 0.3) is 5.57 Å². The van der Waals surface area contributed by atoms with Crippen molar-refractivity contribution >= 4 is 17.4 Å². The van der Waals surface area contributed by atoms with Crippen molar-refractivity contribution in [2.24, 2.45) is 17.6 Å². The molecule has 1 aliphatic rings. The fraction of sp³-hybridized carbons (Fsp3) is 0.375. The summed E-state index contributed by atoms with van der Waals surface area (Å²) in [5.41, 5.74) is 6.08. The second-order valence-corrected chi connectivity index (χ2v) is 5.73. The Kier molecular flexibility index (Phi) is 4.96. The third-order valence-corrected chi connectivity index (χ3v) is 4.06. The summed E-state index contributed by atoms with van der Waals surface area (Å²) >= 11 is 0. The van der Waals surface area contributed by atoms with Crippen LogP contribution < -0.4 is 5.73 Å². The van der Waals surface area contributed by atoms with Gasteiger partial charge in [0.25, 0.3) is 0 Å². The van der Waals surface area contributed by atoms with E-state index < -0.39 is 42.2 Å². The van der Waals surface area contributed by atoms with Gasteiger partial charge < -0.3 is 10.6 Å². The summed E-state index contributed by atoms with van der Waals surface area (Å²) in [6.45, 7) is 0.614. The number of allylic oxidation sites excluding steroid dienone is 1. The number of carbonyl (C=O) groups is 2. The number of rotatable bonds is 3. The van der Waals surface area contributed by atoms with Gasteiger partial charge in [-0.3, -0.25) is 9.59 Å². The fourth-order valence-corrected chi connectivity index (χ4v) is 2.68. The molecule has 130 valence electrons. The molecule has 0 aliphatic carbocycles. The normalized spacial score (nSPS) is 21.9. The highest BCUT2D eigenvalue weighted by Gasteiger charge is 2.52. The zero-order valence-corrected chi connectivity index (χ0v) is 12.8. The van der Waals surface area contributed by atoms with Crippen molar-refractivity contribution in [3.63, 3.8) is 0 Å². The molecule has 8 heteroatoms. The number of nitrogens with zero attached hydrogens (tertiary/aromatic N) is 1. The third-order valence-electron chi connectivity index (χ3n) is 4.06. The Hall–Kier alpha value is -2.38. The minimum absolute atomic E-state index is 0.370. The fourth-order valence-electron chi connectivity index (χ4n) is 2.68. The average Bonchev–Trinajstić information content (AvgIpc) is 2.93. The van der Waals surface area contributed by atoms with E-state index >= 15 is 0 Å². The molecule has 2 atom stereocenters. The van der Waals surface area contributed by atoms with Gasteiger partial charge in [-0.15, -0.1) is 0 Å². The third kappa shape index (κ3) is 3.93. The Labute approximate surface area is 135 Å². The molecule has 4 nitrogen and oxygen atoms in total. The molecule has 0 aromatic heterocycles. The summed E-state index contributed by atoms with van der Waals surface area (Å²) in [6, 6.07) is 5.36. The van der Waals surface area contributed by atoms with E-state index in [2.05, 4.69) is 0 Å². The maximum Gasteiger partial charge on any atom is 0.394 e. The van der Waals surface area contributed by atoms with Crippen molar-refractivity contribution in [1.29, 1.82) is 0 Å². The summed E-state index contributed by atoms with van der Waals surface area (Å²) in [7, 11) is 0. The molecule has 1 aromatic rings. The zero-order chi connectivity index (χ0) is 18.1. The van der Waals surface area contributed by atoms with Crippen molar-refractivity contribution in [1.82, 2.24) is 4.90 Å². The van der Waals surface area contributed by atoms with Gasteiger partial charge in [0, 0.05) is 19.2 Å². The van der Waals surface area contributed by atoms with Crippen LogP contribution in [0, 0.1) is 17.7 Å². The number of amides is 2. The van der Waals surface area contributed by atoms with Gasteiger partial charge in [0.2, 0.25) is 11.8 Å². The number of halogens is 4. The Morgan fingerprint density at radius 2 is 1.79 bits per heavy atom. The van der Waals surface area contributed by atoms with E-state index in [4.69, 9.17) is 5.73 Å². The standard InChI is InChI=1S/C16H16F4N2O2/c1-9(10-2-4-11(17)5-3-10)6-14(23)22-7-12(15(21)24)13(8-22)16(18,19)20/h2-6,12-13H,7-8H2,1H3,(H2,21,24)/b9-6+/t12-,13-/m1/s1. The van der Waals surface area contributed by atoms with Crippen molar-refractivity contribution in [3.8, 4) is 0 Å². The first-order valence-electron chi connectivity index (χ1n) is 7.18. The van der Waals surface area contributed by atoms with Gasteiger partial charge in [-0.2, -0.15) is 13.2 Å². The molecule has 2 N–H and O–H groups in total. The Morgan fingerprint density at radius 1 is 1.21 bits per heavy atom. The molecular weight excluding hydrogens is 328 g/mol. The Balaban J connectivity index is 2.16. The summed E-state index contributed by atoms with van der Waals surface area (Å²) in [5.74, 6) is -5.57. The number of hydrogen-bond donors (Lipinski definition) is 1. The maximum absolute atomic E-state index is 13.0. The minimum atomic E-state index is -4.61. The van der Waals surface area contributed by atoms with Gasteiger partial charge in [0.1, 0.15) is 5.82 Å². The second-order valence-electron chi connectivity index (χ2n) is 5.73. The SMILES string of the molecule is C/C(=C\C(=O)N1C[C@@H](C(F)(F)F)[C@H](C(N)=O)C1)c1ccc(F)cc1. The summed E-state index contributed by atoms with van der Waals surface area (Å²) < 4.78 is 51.8. The maximum atomic E-state index is 13.0. The predicted octanol–water partition coefficient (Wildman–Crippen LogP) is 2.35. The van der Waals surface area contributed by atoms with Crippen molar-refractivity contribution in [2.45, 2.75) is 13.1 Å². The Morgan fingerprint density at radius 3 is 2.25 bits per heavy atom. The molecule has 1 fully saturated rings. The van der Waals surface area contributed by atoms with Gasteiger partial charge >= 0.3 is 6.18 Å². The van der Waals surface area contributed by atoms with E-state index in [0.717, 1.165) is 4.90 Å². The largest absolute Gasteiger partial charge is 0.394 e. The quantitative estimate of drug-likeness (QED) is 0.676. The predicted molar refractivity (Wildman–Crippen MR) is 78.9 cm³/mol. The summed E-state index contributed by atoms with van der Waals surface area (Å²) in [5, 5.41) is 0.